The molecule has 0 atom stereocenters. The van der Waals surface area contributed by atoms with Crippen LogP contribution in [0.5, 0.6) is 0 Å². The van der Waals surface area contributed by atoms with Gasteiger partial charge in [0.25, 0.3) is 0 Å². The summed E-state index contributed by atoms with van der Waals surface area (Å²) in [4.78, 5) is 0. The fourth-order valence-corrected chi connectivity index (χ4v) is 15.1. The first kappa shape index (κ1) is 65.8. The monoisotopic (exact) mass is 1270 g/mol. The van der Waals surface area contributed by atoms with Crippen LogP contribution in [0.4, 0.5) is 0 Å². The summed E-state index contributed by atoms with van der Waals surface area (Å²) in [5.41, 5.74) is 19.9. The number of nitriles is 8. The minimum atomic E-state index is -0.117. The molecule has 0 saturated carbocycles. The second-order valence-corrected chi connectivity index (χ2v) is 29.6. The van der Waals surface area contributed by atoms with Crippen molar-refractivity contribution in [3.63, 3.8) is 0 Å². The smallest absolute Gasteiger partial charge is 0.132 e. The van der Waals surface area contributed by atoms with Gasteiger partial charge in [0.05, 0.1) is 22.1 Å². The third-order valence-corrected chi connectivity index (χ3v) is 19.2. The Balaban J connectivity index is 0.902. The van der Waals surface area contributed by atoms with Gasteiger partial charge < -0.3 is 9.13 Å². The van der Waals surface area contributed by atoms with Crippen molar-refractivity contribution in [1.82, 2.24) is 9.13 Å². The van der Waals surface area contributed by atoms with Gasteiger partial charge in [-0.25, -0.2) is 0 Å². The molecule has 0 fully saturated rings. The van der Waals surface area contributed by atoms with Crippen molar-refractivity contribution < 1.29 is 0 Å². The molecule has 2 heterocycles. The molecular formula is C88H72N10. The van der Waals surface area contributed by atoms with Crippen molar-refractivity contribution in [1.29, 1.82) is 42.1 Å². The zero-order valence-corrected chi connectivity index (χ0v) is 56.6. The molecule has 0 unspecified atom stereocenters. The Labute approximate surface area is 574 Å². The normalized spacial score (nSPS) is 17.1. The first-order valence-corrected chi connectivity index (χ1v) is 33.1. The number of allylic oxidation sites excluding steroid dienone is 20. The van der Waals surface area contributed by atoms with Gasteiger partial charge in [-0.05, 0) is 224 Å². The van der Waals surface area contributed by atoms with Crippen molar-refractivity contribution in [2.75, 3.05) is 0 Å². The summed E-state index contributed by atoms with van der Waals surface area (Å²) in [7, 11) is 0. The van der Waals surface area contributed by atoms with Gasteiger partial charge in [0, 0.05) is 32.9 Å². The highest BCUT2D eigenvalue weighted by atomic mass is 15.0. The van der Waals surface area contributed by atoms with E-state index in [4.69, 9.17) is 0 Å². The predicted octanol–water partition coefficient (Wildman–Crippen LogP) is 22.0. The van der Waals surface area contributed by atoms with Gasteiger partial charge in [-0.1, -0.05) is 177 Å². The Hall–Kier alpha value is -12.3. The third-order valence-electron chi connectivity index (χ3n) is 19.2. The fourth-order valence-electron chi connectivity index (χ4n) is 15.1. The Kier molecular flexibility index (Phi) is 17.8. The molecule has 0 N–H and O–H groups in total. The van der Waals surface area contributed by atoms with Crippen molar-refractivity contribution in [3.05, 3.63) is 259 Å². The lowest BCUT2D eigenvalue weighted by Crippen LogP contribution is -2.17. The Morgan fingerprint density at radius 2 is 0.500 bits per heavy atom. The quantitative estimate of drug-likeness (QED) is 0.114. The molecule has 474 valence electrons. The summed E-state index contributed by atoms with van der Waals surface area (Å²) >= 11 is 0. The summed E-state index contributed by atoms with van der Waals surface area (Å²) < 4.78 is 4.64. The molecule has 0 spiro atoms. The number of aromatic nitrogens is 2. The molecule has 0 bridgehead atoms. The Morgan fingerprint density at radius 1 is 0.286 bits per heavy atom. The van der Waals surface area contributed by atoms with Gasteiger partial charge >= 0.3 is 0 Å². The van der Waals surface area contributed by atoms with Crippen LogP contribution in [0, 0.1) is 112 Å². The molecule has 2 aromatic heterocycles. The topological polar surface area (TPSA) is 200 Å². The molecule has 8 aromatic rings. The van der Waals surface area contributed by atoms with Crippen molar-refractivity contribution >= 4 is 67.9 Å². The molecular weight excluding hydrogens is 1200 g/mol. The van der Waals surface area contributed by atoms with Crippen LogP contribution < -0.4 is 0 Å². The van der Waals surface area contributed by atoms with E-state index in [-0.39, 0.29) is 44.0 Å². The van der Waals surface area contributed by atoms with Crippen LogP contribution in [0.15, 0.2) is 237 Å². The van der Waals surface area contributed by atoms with Crippen LogP contribution in [0.1, 0.15) is 129 Å². The fraction of sp³-hybridized carbons (Fsp3) is 0.227. The zero-order chi connectivity index (χ0) is 69.3. The Morgan fingerprint density at radius 3 is 0.704 bits per heavy atom. The van der Waals surface area contributed by atoms with Crippen LogP contribution in [0.25, 0.3) is 90.4 Å². The van der Waals surface area contributed by atoms with Gasteiger partial charge in [0.15, 0.2) is 0 Å². The second kappa shape index (κ2) is 26.5. The maximum Gasteiger partial charge on any atom is 0.132 e. The minimum absolute atomic E-state index is 0.117. The average Bonchev–Trinajstić information content (AvgIpc) is 1.59. The van der Waals surface area contributed by atoms with Crippen LogP contribution >= 0.6 is 0 Å². The molecule has 4 aliphatic rings. The molecule has 0 saturated heterocycles. The van der Waals surface area contributed by atoms with E-state index >= 15 is 0 Å². The molecule has 0 amide bonds. The maximum absolute atomic E-state index is 9.77. The number of benzene rings is 6. The number of rotatable bonds is 11. The van der Waals surface area contributed by atoms with Gasteiger partial charge in [0.2, 0.25) is 0 Å². The molecule has 6 aromatic carbocycles. The van der Waals surface area contributed by atoms with Crippen LogP contribution in [-0.2, 0) is 0 Å². The van der Waals surface area contributed by atoms with Crippen LogP contribution in [-0.4, -0.2) is 9.13 Å². The van der Waals surface area contributed by atoms with Gasteiger partial charge in [-0.2, -0.15) is 42.1 Å². The van der Waals surface area contributed by atoms with E-state index in [9.17, 15) is 42.1 Å². The lowest BCUT2D eigenvalue weighted by molar-refractivity contribution is 0.354. The summed E-state index contributed by atoms with van der Waals surface area (Å²) in [6.45, 7) is 17.4. The first-order valence-electron chi connectivity index (χ1n) is 33.1. The number of fused-ring (bicyclic) bond motifs is 6. The number of nitrogens with zero attached hydrogens (tertiary/aromatic N) is 10. The van der Waals surface area contributed by atoms with E-state index in [0.717, 1.165) is 159 Å². The second-order valence-electron chi connectivity index (χ2n) is 29.6. The summed E-state index contributed by atoms with van der Waals surface area (Å²) in [6.07, 6.45) is 30.8. The predicted molar refractivity (Wildman–Crippen MR) is 394 cm³/mol. The molecule has 10 nitrogen and oxygen atoms in total. The first-order chi connectivity index (χ1) is 47.0. The molecule has 98 heavy (non-hydrogen) atoms. The summed E-state index contributed by atoms with van der Waals surface area (Å²) in [5.74, 6) is 0. The molecule has 4 aliphatic carbocycles. The van der Waals surface area contributed by atoms with Gasteiger partial charge in [0.1, 0.15) is 70.8 Å². The molecule has 10 heteroatoms. The third kappa shape index (κ3) is 13.8. The highest BCUT2D eigenvalue weighted by Gasteiger charge is 2.31. The zero-order valence-electron chi connectivity index (χ0n) is 56.6. The van der Waals surface area contributed by atoms with Crippen molar-refractivity contribution in [3.8, 4) is 71.1 Å². The highest BCUT2D eigenvalue weighted by Crippen LogP contribution is 2.45. The van der Waals surface area contributed by atoms with E-state index in [1.807, 2.05) is 24.3 Å². The SMILES string of the molecule is CC1(C)CC(/C=C/c2ccc3c(c2)c2cc(/C=C/C4=CC(=C(C#N)C#N)CC(C)(C)C4)ccc2n3-c2ccc(-c3ccc(-n4c5ccc(/C=C/C6=CC(=C(C#N)C#N)CC(C)(C)C6)cc5c5cc(/C=C/C6=CC(=C(C#N)C#N)CC(C)(C)C6)ccc54)cc3)cc2)=CC(=C(C#N)C#N)C1. The van der Waals surface area contributed by atoms with E-state index in [0.29, 0.717) is 25.7 Å². The minimum Gasteiger partial charge on any atom is -0.309 e. The number of hydrogen-bond acceptors (Lipinski definition) is 8. The van der Waals surface area contributed by atoms with E-state index in [2.05, 4.69) is 283 Å². The average molecular weight is 1270 g/mol. The summed E-state index contributed by atoms with van der Waals surface area (Å²) in [6, 6.07) is 60.5. The van der Waals surface area contributed by atoms with E-state index < -0.39 is 0 Å². The van der Waals surface area contributed by atoms with Crippen molar-refractivity contribution in [2.24, 2.45) is 21.7 Å². The van der Waals surface area contributed by atoms with Crippen molar-refractivity contribution in [2.45, 2.75) is 107 Å². The lowest BCUT2D eigenvalue weighted by Gasteiger charge is -2.30. The molecule has 0 aliphatic heterocycles. The highest BCUT2D eigenvalue weighted by molar-refractivity contribution is 6.12. The Bertz CT molecular complexity index is 4790. The maximum atomic E-state index is 9.77. The van der Waals surface area contributed by atoms with Gasteiger partial charge in [-0.3, -0.25) is 0 Å². The molecule has 12 rings (SSSR count). The van der Waals surface area contributed by atoms with Crippen LogP contribution in [0.3, 0.4) is 0 Å². The van der Waals surface area contributed by atoms with E-state index in [1.165, 1.54) is 0 Å². The standard InChI is InChI=1S/C88H72N10/c1-85(2)41-61(33-67(45-85)71(49-89)50-90)13-9-57-17-29-81-77(37-57)78-38-58(10-14-62-34-68(72(51-91)52-92)46-86(3,4)42-62)18-30-82(78)97(81)75-25-21-65(22-26-75)66-23-27-76(28-24-66)98-83-31-19-59(11-15-63-35-69(73(53-93)54-94)47-87(5,6)43-63)39-79(83)80-40-60(20-32-84(80)98)12-16-64-36-70(74(55-95)56-96)48-88(7,8)44-64/h9-40H,41-48H2,1-8H3/b13-9+,14-10+,15-11+,16-12+. The molecule has 0 radical (unpaired) electrons. The van der Waals surface area contributed by atoms with Gasteiger partial charge in [-0.15, -0.1) is 0 Å². The largest absolute Gasteiger partial charge is 0.309 e. The van der Waals surface area contributed by atoms with Crippen LogP contribution in [0.2, 0.25) is 0 Å². The lowest BCUT2D eigenvalue weighted by atomic mass is 9.74. The summed E-state index contributed by atoms with van der Waals surface area (Å²) in [5, 5.41) is 82.5. The van der Waals surface area contributed by atoms with E-state index in [1.54, 1.807) is 0 Å². The number of hydrogen-bond donors (Lipinski definition) is 0.